The van der Waals surface area contributed by atoms with E-state index in [0.29, 0.717) is 13.1 Å². The van der Waals surface area contributed by atoms with Gasteiger partial charge in [-0.15, -0.1) is 0 Å². The fourth-order valence-electron chi connectivity index (χ4n) is 2.87. The Bertz CT molecular complexity index is 533. The van der Waals surface area contributed by atoms with Gasteiger partial charge in [0.15, 0.2) is 0 Å². The molecule has 21 heavy (non-hydrogen) atoms. The van der Waals surface area contributed by atoms with E-state index in [1.165, 1.54) is 4.31 Å². The summed E-state index contributed by atoms with van der Waals surface area (Å²) in [5.74, 6) is 0.474. The zero-order valence-electron chi connectivity index (χ0n) is 12.4. The Kier molecular flexibility index (Phi) is 5.75. The smallest absolute Gasteiger partial charge is 0.279 e. The van der Waals surface area contributed by atoms with Crippen LogP contribution < -0.4 is 4.72 Å². The van der Waals surface area contributed by atoms with Gasteiger partial charge >= 0.3 is 0 Å². The average Bonchev–Trinajstić information content (AvgIpc) is 2.94. The number of aliphatic hydroxyl groups excluding tert-OH is 1. The van der Waals surface area contributed by atoms with Gasteiger partial charge in [-0.25, -0.2) is 4.72 Å². The van der Waals surface area contributed by atoms with Gasteiger partial charge in [-0.05, 0) is 30.2 Å². The van der Waals surface area contributed by atoms with Gasteiger partial charge in [0.1, 0.15) is 0 Å². The topological polar surface area (TPSA) is 69.6 Å². The minimum atomic E-state index is -3.48. The van der Waals surface area contributed by atoms with E-state index in [4.69, 9.17) is 0 Å². The molecule has 0 saturated heterocycles. The molecule has 2 unspecified atom stereocenters. The fraction of sp³-hybridized carbons (Fsp3) is 0.600. The summed E-state index contributed by atoms with van der Waals surface area (Å²) in [5.41, 5.74) is 0.958. The first-order chi connectivity index (χ1) is 10.0. The predicted octanol–water partition coefficient (Wildman–Crippen LogP) is 1.36. The van der Waals surface area contributed by atoms with Crippen LogP contribution in [0.5, 0.6) is 0 Å². The van der Waals surface area contributed by atoms with E-state index in [-0.39, 0.29) is 18.4 Å². The third-order valence-electron chi connectivity index (χ3n) is 4.24. The first-order valence-electron chi connectivity index (χ1n) is 7.38. The van der Waals surface area contributed by atoms with Crippen LogP contribution in [0.2, 0.25) is 0 Å². The lowest BCUT2D eigenvalue weighted by Crippen LogP contribution is -2.40. The van der Waals surface area contributed by atoms with Gasteiger partial charge in [0.25, 0.3) is 10.2 Å². The molecule has 0 bridgehead atoms. The number of nitrogens with one attached hydrogen (secondary N) is 1. The summed E-state index contributed by atoms with van der Waals surface area (Å²) in [7, 11) is -1.90. The molecule has 2 rings (SSSR count). The molecule has 1 aliphatic carbocycles. The molecule has 0 radical (unpaired) electrons. The van der Waals surface area contributed by atoms with Crippen molar-refractivity contribution in [2.75, 3.05) is 20.2 Å². The Labute approximate surface area is 127 Å². The fourth-order valence-corrected chi connectivity index (χ4v) is 3.83. The molecule has 118 valence electrons. The summed E-state index contributed by atoms with van der Waals surface area (Å²) in [6.07, 6.45) is 3.04. The van der Waals surface area contributed by atoms with Crippen molar-refractivity contribution in [3.05, 3.63) is 35.9 Å². The summed E-state index contributed by atoms with van der Waals surface area (Å²) in [6, 6.07) is 9.52. The number of benzene rings is 1. The van der Waals surface area contributed by atoms with Gasteiger partial charge < -0.3 is 5.11 Å². The van der Waals surface area contributed by atoms with Crippen LogP contribution in [0, 0.1) is 11.8 Å². The highest BCUT2D eigenvalue weighted by molar-refractivity contribution is 7.87. The zero-order valence-corrected chi connectivity index (χ0v) is 13.2. The van der Waals surface area contributed by atoms with Crippen molar-refractivity contribution in [2.24, 2.45) is 11.8 Å². The van der Waals surface area contributed by atoms with Crippen LogP contribution in [0.15, 0.2) is 30.3 Å². The van der Waals surface area contributed by atoms with Crippen molar-refractivity contribution in [1.82, 2.24) is 9.03 Å². The molecule has 0 amide bonds. The Morgan fingerprint density at radius 2 is 1.90 bits per heavy atom. The number of hydrogen-bond acceptors (Lipinski definition) is 3. The monoisotopic (exact) mass is 312 g/mol. The standard InChI is InChI=1S/C15H24N2O3S/c1-17(11-13-6-3-2-4-7-13)21(19,20)16-10-14-8-5-9-15(14)12-18/h2-4,6-7,14-16,18H,5,8-12H2,1H3. The SMILES string of the molecule is CN(Cc1ccccc1)S(=O)(=O)NCC1CCCC1CO. The van der Waals surface area contributed by atoms with Gasteiger partial charge in [0.2, 0.25) is 0 Å². The van der Waals surface area contributed by atoms with Crippen molar-refractivity contribution < 1.29 is 13.5 Å². The number of rotatable bonds is 7. The lowest BCUT2D eigenvalue weighted by molar-refractivity contribution is 0.195. The molecular formula is C15H24N2O3S. The van der Waals surface area contributed by atoms with Crippen LogP contribution >= 0.6 is 0 Å². The van der Waals surface area contributed by atoms with Crippen LogP contribution in [0.25, 0.3) is 0 Å². The minimum Gasteiger partial charge on any atom is -0.396 e. The maximum atomic E-state index is 12.2. The van der Waals surface area contributed by atoms with Crippen molar-refractivity contribution in [2.45, 2.75) is 25.8 Å². The largest absolute Gasteiger partial charge is 0.396 e. The quantitative estimate of drug-likeness (QED) is 0.799. The first kappa shape index (κ1) is 16.4. The van der Waals surface area contributed by atoms with Crippen LogP contribution in [0.1, 0.15) is 24.8 Å². The lowest BCUT2D eigenvalue weighted by Gasteiger charge is -2.21. The highest BCUT2D eigenvalue weighted by Gasteiger charge is 2.28. The molecule has 0 aromatic heterocycles. The highest BCUT2D eigenvalue weighted by atomic mass is 32.2. The van der Waals surface area contributed by atoms with E-state index >= 15 is 0 Å². The Balaban J connectivity index is 1.89. The van der Waals surface area contributed by atoms with Gasteiger partial charge in [-0.2, -0.15) is 12.7 Å². The number of aliphatic hydroxyl groups is 1. The van der Waals surface area contributed by atoms with Gasteiger partial charge in [-0.1, -0.05) is 36.8 Å². The Morgan fingerprint density at radius 3 is 2.57 bits per heavy atom. The second-order valence-electron chi connectivity index (χ2n) is 5.73. The number of nitrogens with zero attached hydrogens (tertiary/aromatic N) is 1. The molecule has 5 nitrogen and oxygen atoms in total. The normalized spacial score (nSPS) is 22.8. The molecule has 1 saturated carbocycles. The molecule has 1 aliphatic rings. The molecule has 0 aliphatic heterocycles. The van der Waals surface area contributed by atoms with E-state index < -0.39 is 10.2 Å². The molecular weight excluding hydrogens is 288 g/mol. The second-order valence-corrected chi connectivity index (χ2v) is 7.59. The van der Waals surface area contributed by atoms with Gasteiger partial charge in [0, 0.05) is 26.7 Å². The molecule has 0 spiro atoms. The van der Waals surface area contributed by atoms with Gasteiger partial charge in [0.05, 0.1) is 0 Å². The number of hydrogen-bond donors (Lipinski definition) is 2. The van der Waals surface area contributed by atoms with Crippen molar-refractivity contribution in [1.29, 1.82) is 0 Å². The summed E-state index contributed by atoms with van der Waals surface area (Å²) in [6.45, 7) is 0.906. The van der Waals surface area contributed by atoms with Crippen molar-refractivity contribution in [3.8, 4) is 0 Å². The van der Waals surface area contributed by atoms with Crippen molar-refractivity contribution in [3.63, 3.8) is 0 Å². The van der Waals surface area contributed by atoms with Crippen LogP contribution in [-0.4, -0.2) is 38.0 Å². The van der Waals surface area contributed by atoms with Crippen LogP contribution in [-0.2, 0) is 16.8 Å². The second kappa shape index (κ2) is 7.35. The Morgan fingerprint density at radius 1 is 1.24 bits per heavy atom. The third kappa shape index (κ3) is 4.51. The van der Waals surface area contributed by atoms with E-state index in [1.54, 1.807) is 7.05 Å². The molecule has 0 heterocycles. The molecule has 2 N–H and O–H groups in total. The van der Waals surface area contributed by atoms with Crippen LogP contribution in [0.4, 0.5) is 0 Å². The maximum absolute atomic E-state index is 12.2. The maximum Gasteiger partial charge on any atom is 0.279 e. The summed E-state index contributed by atoms with van der Waals surface area (Å²) in [5, 5.41) is 9.28. The van der Waals surface area contributed by atoms with Gasteiger partial charge in [-0.3, -0.25) is 0 Å². The van der Waals surface area contributed by atoms with Crippen LogP contribution in [0.3, 0.4) is 0 Å². The zero-order chi connectivity index (χ0) is 15.3. The van der Waals surface area contributed by atoms with E-state index in [9.17, 15) is 13.5 Å². The molecule has 6 heteroatoms. The van der Waals surface area contributed by atoms with Crippen molar-refractivity contribution >= 4 is 10.2 Å². The average molecular weight is 312 g/mol. The third-order valence-corrected chi connectivity index (χ3v) is 5.72. The van der Waals surface area contributed by atoms with E-state index in [0.717, 1.165) is 24.8 Å². The highest BCUT2D eigenvalue weighted by Crippen LogP contribution is 2.30. The molecule has 2 atom stereocenters. The Hall–Kier alpha value is -0.950. The minimum absolute atomic E-state index is 0.145. The summed E-state index contributed by atoms with van der Waals surface area (Å²) in [4.78, 5) is 0. The molecule has 1 aromatic carbocycles. The molecule has 1 aromatic rings. The first-order valence-corrected chi connectivity index (χ1v) is 8.82. The van der Waals surface area contributed by atoms with E-state index in [1.807, 2.05) is 30.3 Å². The summed E-state index contributed by atoms with van der Waals surface area (Å²) >= 11 is 0. The van der Waals surface area contributed by atoms with E-state index in [2.05, 4.69) is 4.72 Å². The predicted molar refractivity (Wildman–Crippen MR) is 82.7 cm³/mol. The summed E-state index contributed by atoms with van der Waals surface area (Å²) < 4.78 is 28.5. The lowest BCUT2D eigenvalue weighted by atomic mass is 9.97. The molecule has 1 fully saturated rings.